The number of rotatable bonds is 4. The molecule has 0 bridgehead atoms. The summed E-state index contributed by atoms with van der Waals surface area (Å²) in [4.78, 5) is 30.4. The normalized spacial score (nSPS) is 10.9. The van der Waals surface area contributed by atoms with Gasteiger partial charge >= 0.3 is 0 Å². The van der Waals surface area contributed by atoms with Crippen molar-refractivity contribution in [2.45, 2.75) is 20.4 Å². The molecule has 2 aromatic heterocycles. The molecule has 2 aromatic carbocycles. The first-order valence-corrected chi connectivity index (χ1v) is 9.54. The number of amides is 1. The van der Waals surface area contributed by atoms with Gasteiger partial charge in [0.2, 0.25) is 0 Å². The zero-order chi connectivity index (χ0) is 21.3. The second-order valence-electron chi connectivity index (χ2n) is 7.29. The van der Waals surface area contributed by atoms with E-state index in [-0.39, 0.29) is 12.1 Å². The average Bonchev–Trinajstić information content (AvgIpc) is 2.70. The number of nitrogens with zero attached hydrogens (tertiary/aromatic N) is 2. The third-order valence-corrected chi connectivity index (χ3v) is 4.86. The Kier molecular flexibility index (Phi) is 5.14. The molecule has 2 heterocycles. The Bertz CT molecular complexity index is 1310. The summed E-state index contributed by atoms with van der Waals surface area (Å²) in [7, 11) is 0. The molecule has 0 aliphatic carbocycles. The van der Waals surface area contributed by atoms with Crippen molar-refractivity contribution in [1.82, 2.24) is 9.55 Å². The van der Waals surface area contributed by atoms with Crippen molar-refractivity contribution < 1.29 is 9.18 Å². The van der Waals surface area contributed by atoms with Crippen LogP contribution < -0.4 is 10.9 Å². The number of pyridine rings is 2. The summed E-state index contributed by atoms with van der Waals surface area (Å²) >= 11 is 0. The van der Waals surface area contributed by atoms with E-state index in [1.54, 1.807) is 36.5 Å². The van der Waals surface area contributed by atoms with Gasteiger partial charge in [-0.25, -0.2) is 9.37 Å². The van der Waals surface area contributed by atoms with E-state index >= 15 is 0 Å². The van der Waals surface area contributed by atoms with Gasteiger partial charge in [0.25, 0.3) is 11.5 Å². The SMILES string of the molecule is Cc1cc(C)cc(NC(=O)c2cc3cccnc3n(Cc3ccccc3F)c2=O)c1. The second kappa shape index (κ2) is 7.91. The lowest BCUT2D eigenvalue weighted by Gasteiger charge is -2.13. The fraction of sp³-hybridized carbons (Fsp3) is 0.125. The van der Waals surface area contributed by atoms with Crippen molar-refractivity contribution in [1.29, 1.82) is 0 Å². The Morgan fingerprint density at radius 1 is 1.03 bits per heavy atom. The van der Waals surface area contributed by atoms with E-state index in [0.717, 1.165) is 11.1 Å². The van der Waals surface area contributed by atoms with Crippen LogP contribution in [0.2, 0.25) is 0 Å². The molecular weight excluding hydrogens is 381 g/mol. The molecule has 0 unspecified atom stereocenters. The Morgan fingerprint density at radius 3 is 2.50 bits per heavy atom. The van der Waals surface area contributed by atoms with Gasteiger partial charge in [0.05, 0.1) is 6.54 Å². The van der Waals surface area contributed by atoms with Crippen LogP contribution in [-0.4, -0.2) is 15.5 Å². The summed E-state index contributed by atoms with van der Waals surface area (Å²) in [6.07, 6.45) is 1.56. The number of nitrogens with one attached hydrogen (secondary N) is 1. The molecule has 0 saturated carbocycles. The molecule has 0 spiro atoms. The number of carbonyl (C=O) groups excluding carboxylic acids is 1. The van der Waals surface area contributed by atoms with E-state index in [4.69, 9.17) is 0 Å². The third-order valence-electron chi connectivity index (χ3n) is 4.86. The lowest BCUT2D eigenvalue weighted by atomic mass is 10.1. The van der Waals surface area contributed by atoms with Gasteiger partial charge in [0.1, 0.15) is 17.0 Å². The number of hydrogen-bond acceptors (Lipinski definition) is 3. The Hall–Kier alpha value is -3.80. The topological polar surface area (TPSA) is 64.0 Å². The lowest BCUT2D eigenvalue weighted by Crippen LogP contribution is -2.30. The minimum Gasteiger partial charge on any atom is -0.322 e. The minimum atomic E-state index is -0.522. The minimum absolute atomic E-state index is 0.0222. The van der Waals surface area contributed by atoms with Gasteiger partial charge in [-0.1, -0.05) is 24.3 Å². The molecule has 4 aromatic rings. The van der Waals surface area contributed by atoms with E-state index in [1.165, 1.54) is 16.7 Å². The molecule has 0 fully saturated rings. The number of fused-ring (bicyclic) bond motifs is 1. The van der Waals surface area contributed by atoms with Crippen LogP contribution in [0.3, 0.4) is 0 Å². The maximum absolute atomic E-state index is 14.2. The fourth-order valence-electron chi connectivity index (χ4n) is 3.56. The average molecular weight is 401 g/mol. The quantitative estimate of drug-likeness (QED) is 0.549. The summed E-state index contributed by atoms with van der Waals surface area (Å²) in [5.74, 6) is -0.934. The molecule has 6 heteroatoms. The molecule has 150 valence electrons. The molecule has 1 N–H and O–H groups in total. The first-order chi connectivity index (χ1) is 14.4. The smallest absolute Gasteiger partial charge is 0.265 e. The van der Waals surface area contributed by atoms with Crippen molar-refractivity contribution in [2.24, 2.45) is 0 Å². The van der Waals surface area contributed by atoms with Crippen LogP contribution in [0.15, 0.2) is 71.7 Å². The fourth-order valence-corrected chi connectivity index (χ4v) is 3.56. The van der Waals surface area contributed by atoms with Gasteiger partial charge < -0.3 is 5.32 Å². The van der Waals surface area contributed by atoms with Gasteiger partial charge in [-0.15, -0.1) is 0 Å². The molecule has 1 amide bonds. The Morgan fingerprint density at radius 2 is 1.77 bits per heavy atom. The monoisotopic (exact) mass is 401 g/mol. The molecule has 0 aliphatic rings. The van der Waals surface area contributed by atoms with Gasteiger partial charge in [-0.2, -0.15) is 0 Å². The van der Waals surface area contributed by atoms with E-state index in [0.29, 0.717) is 22.3 Å². The number of hydrogen-bond donors (Lipinski definition) is 1. The van der Waals surface area contributed by atoms with Crippen molar-refractivity contribution >= 4 is 22.6 Å². The first kappa shape index (κ1) is 19.5. The van der Waals surface area contributed by atoms with E-state index in [1.807, 2.05) is 32.0 Å². The number of aryl methyl sites for hydroxylation is 2. The zero-order valence-corrected chi connectivity index (χ0v) is 16.6. The highest BCUT2D eigenvalue weighted by atomic mass is 19.1. The molecule has 0 aliphatic heterocycles. The number of aromatic nitrogens is 2. The number of halogens is 1. The van der Waals surface area contributed by atoms with Gasteiger partial charge in [-0.05, 0) is 61.4 Å². The second-order valence-corrected chi connectivity index (χ2v) is 7.29. The summed E-state index contributed by atoms with van der Waals surface area (Å²) in [6, 6.07) is 16.9. The predicted octanol–water partition coefficient (Wildman–Crippen LogP) is 4.45. The van der Waals surface area contributed by atoms with Crippen LogP contribution in [0.25, 0.3) is 11.0 Å². The Labute approximate surface area is 172 Å². The third kappa shape index (κ3) is 3.85. The number of anilines is 1. The van der Waals surface area contributed by atoms with Crippen molar-refractivity contribution in [2.75, 3.05) is 5.32 Å². The van der Waals surface area contributed by atoms with Crippen molar-refractivity contribution in [3.05, 3.63) is 105 Å². The van der Waals surface area contributed by atoms with Crippen LogP contribution in [0, 0.1) is 19.7 Å². The highest BCUT2D eigenvalue weighted by molar-refractivity contribution is 6.05. The molecule has 0 saturated heterocycles. The van der Waals surface area contributed by atoms with Gasteiger partial charge in [0.15, 0.2) is 0 Å². The van der Waals surface area contributed by atoms with Crippen LogP contribution in [0.1, 0.15) is 27.0 Å². The van der Waals surface area contributed by atoms with Crippen LogP contribution in [-0.2, 0) is 6.54 Å². The van der Waals surface area contributed by atoms with Crippen molar-refractivity contribution in [3.63, 3.8) is 0 Å². The van der Waals surface area contributed by atoms with E-state index in [9.17, 15) is 14.0 Å². The number of benzene rings is 2. The van der Waals surface area contributed by atoms with Crippen LogP contribution in [0.4, 0.5) is 10.1 Å². The molecule has 5 nitrogen and oxygen atoms in total. The highest BCUT2D eigenvalue weighted by Crippen LogP contribution is 2.17. The predicted molar refractivity (Wildman–Crippen MR) is 115 cm³/mol. The standard InChI is InChI=1S/C24H20FN3O2/c1-15-10-16(2)12-19(11-15)27-23(29)20-13-17-7-5-9-26-22(17)28(24(20)30)14-18-6-3-4-8-21(18)25/h3-13H,14H2,1-2H3,(H,27,29). The molecule has 0 atom stereocenters. The van der Waals surface area contributed by atoms with E-state index < -0.39 is 17.3 Å². The molecule has 30 heavy (non-hydrogen) atoms. The van der Waals surface area contributed by atoms with Crippen LogP contribution in [0.5, 0.6) is 0 Å². The molecular formula is C24H20FN3O2. The van der Waals surface area contributed by atoms with Crippen molar-refractivity contribution in [3.8, 4) is 0 Å². The maximum Gasteiger partial charge on any atom is 0.265 e. The summed E-state index contributed by atoms with van der Waals surface area (Å²) < 4.78 is 15.6. The Balaban J connectivity index is 1.81. The maximum atomic E-state index is 14.2. The van der Waals surface area contributed by atoms with E-state index in [2.05, 4.69) is 10.3 Å². The largest absolute Gasteiger partial charge is 0.322 e. The summed E-state index contributed by atoms with van der Waals surface area (Å²) in [5, 5.41) is 3.43. The summed E-state index contributed by atoms with van der Waals surface area (Å²) in [6.45, 7) is 3.85. The first-order valence-electron chi connectivity index (χ1n) is 9.54. The highest BCUT2D eigenvalue weighted by Gasteiger charge is 2.18. The van der Waals surface area contributed by atoms with Gasteiger partial charge in [0, 0.05) is 22.8 Å². The summed E-state index contributed by atoms with van der Waals surface area (Å²) in [5.41, 5.74) is 2.82. The number of carbonyl (C=O) groups is 1. The lowest BCUT2D eigenvalue weighted by molar-refractivity contribution is 0.102. The van der Waals surface area contributed by atoms with Gasteiger partial charge in [-0.3, -0.25) is 14.2 Å². The van der Waals surface area contributed by atoms with Crippen LogP contribution >= 0.6 is 0 Å². The molecule has 0 radical (unpaired) electrons. The molecule has 4 rings (SSSR count). The zero-order valence-electron chi connectivity index (χ0n) is 16.6.